The van der Waals surface area contributed by atoms with Crippen LogP contribution in [-0.2, 0) is 16.2 Å². The molecule has 0 fully saturated rings. The fourth-order valence-corrected chi connectivity index (χ4v) is 3.79. The summed E-state index contributed by atoms with van der Waals surface area (Å²) in [4.78, 5) is 62.1. The molecule has 0 spiro atoms. The molecule has 154 valence electrons. The first kappa shape index (κ1) is 20.9. The van der Waals surface area contributed by atoms with Crippen LogP contribution in [0.3, 0.4) is 0 Å². The van der Waals surface area contributed by atoms with Gasteiger partial charge < -0.3 is 9.47 Å². The Balaban J connectivity index is 2.07. The van der Waals surface area contributed by atoms with E-state index >= 15 is 0 Å². The molecule has 0 N–H and O–H groups in total. The van der Waals surface area contributed by atoms with E-state index in [-0.39, 0.29) is 34.9 Å². The van der Waals surface area contributed by atoms with Gasteiger partial charge in [0.05, 0.1) is 28.2 Å². The largest absolute Gasteiger partial charge is 0.449 e. The van der Waals surface area contributed by atoms with Gasteiger partial charge in [-0.1, -0.05) is 19.6 Å². The van der Waals surface area contributed by atoms with Crippen molar-refractivity contribution in [2.45, 2.75) is 39.3 Å². The Morgan fingerprint density at radius 2 is 1.38 bits per heavy atom. The maximum absolute atomic E-state index is 12.6. The lowest BCUT2D eigenvalue weighted by Crippen LogP contribution is -2.33. The van der Waals surface area contributed by atoms with E-state index in [0.29, 0.717) is 11.2 Å². The Bertz CT molecular complexity index is 1220. The number of fused-ring (bicyclic) bond motifs is 2. The monoisotopic (exact) mass is 418 g/mol. The van der Waals surface area contributed by atoms with Crippen molar-refractivity contribution in [3.63, 3.8) is 0 Å². The molecule has 0 unspecified atom stereocenters. The second-order valence-electron chi connectivity index (χ2n) is 7.97. The maximum atomic E-state index is 12.6. The molecule has 0 aliphatic heterocycles. The summed E-state index contributed by atoms with van der Waals surface area (Å²) in [6.45, 7) is 8.34. The van der Waals surface area contributed by atoms with Crippen molar-refractivity contribution in [1.29, 1.82) is 0 Å². The third-order valence-electron chi connectivity index (χ3n) is 4.64. The molecular weight excluding hydrogens is 396 g/mol. The van der Waals surface area contributed by atoms with Crippen LogP contribution in [0.25, 0.3) is 21.5 Å². The highest BCUT2D eigenvalue weighted by Crippen LogP contribution is 2.15. The highest BCUT2D eigenvalue weighted by molar-refractivity contribution is 6.76. The first-order chi connectivity index (χ1) is 13.6. The summed E-state index contributed by atoms with van der Waals surface area (Å²) in [6.07, 6.45) is -1.09. The topological polar surface area (TPSA) is 114 Å². The smallest absolute Gasteiger partial charge is 0.424 e. The average molecular weight is 418 g/mol. The van der Waals surface area contributed by atoms with Gasteiger partial charge in [0.15, 0.2) is 0 Å². The van der Waals surface area contributed by atoms with E-state index in [1.807, 2.05) is 0 Å². The third-order valence-corrected chi connectivity index (χ3v) is 6.35. The lowest BCUT2D eigenvalue weighted by atomic mass is 10.1. The van der Waals surface area contributed by atoms with Crippen molar-refractivity contribution in [3.05, 3.63) is 53.5 Å². The summed E-state index contributed by atoms with van der Waals surface area (Å²) in [5, 5.41) is -0.197. The molecule has 0 radical (unpaired) electrons. The van der Waals surface area contributed by atoms with E-state index in [0.717, 1.165) is 10.6 Å². The van der Waals surface area contributed by atoms with Crippen LogP contribution >= 0.6 is 0 Å². The molecule has 10 heteroatoms. The molecule has 2 heterocycles. The first-order valence-electron chi connectivity index (χ1n) is 9.24. The minimum atomic E-state index is -1.31. The summed E-state index contributed by atoms with van der Waals surface area (Å²) in [5.74, 6) is 0. The molecule has 0 saturated carbocycles. The molecule has 9 nitrogen and oxygen atoms in total. The molecule has 2 aromatic heterocycles. The van der Waals surface area contributed by atoms with Crippen LogP contribution < -0.4 is 22.2 Å². The van der Waals surface area contributed by atoms with Gasteiger partial charge in [-0.3, -0.25) is 19.2 Å². The van der Waals surface area contributed by atoms with Gasteiger partial charge in [-0.2, -0.15) is 4.57 Å². The van der Waals surface area contributed by atoms with Crippen molar-refractivity contribution in [2.75, 3.05) is 13.2 Å². The molecule has 0 bridgehead atoms. The number of hydrogen-bond donors (Lipinski definition) is 0. The fraction of sp³-hybridized carbons (Fsp3) is 0.421. The zero-order chi connectivity index (χ0) is 21.5. The zero-order valence-corrected chi connectivity index (χ0v) is 17.7. The quantitative estimate of drug-likeness (QED) is 0.437. The normalized spacial score (nSPS) is 12.1. The minimum Gasteiger partial charge on any atom is -0.449 e. The molecule has 0 aliphatic rings. The maximum Gasteiger partial charge on any atom is 0.424 e. The first-order valence-corrected chi connectivity index (χ1v) is 12.9. The predicted molar refractivity (Wildman–Crippen MR) is 111 cm³/mol. The summed E-state index contributed by atoms with van der Waals surface area (Å²) < 4.78 is 11.5. The Morgan fingerprint density at radius 1 is 0.897 bits per heavy atom. The molecule has 0 amide bonds. The average Bonchev–Trinajstić information content (AvgIpc) is 3.02. The van der Waals surface area contributed by atoms with Gasteiger partial charge in [0.2, 0.25) is 0 Å². The standard InChI is InChI=1S/C19H22N2O7Si/c1-5-28-19(26)21-17(24)13-8-11-12(9-14(13)18(21)25)16(23)20(15(11)22)10-27-6-7-29(2,3)4/h8-9H,5-7,10H2,1-4H3. The summed E-state index contributed by atoms with van der Waals surface area (Å²) in [6, 6.07) is 3.26. The minimum absolute atomic E-state index is 0.00757. The van der Waals surface area contributed by atoms with Crippen LogP contribution in [0.1, 0.15) is 6.92 Å². The lowest BCUT2D eigenvalue weighted by molar-refractivity contribution is 0.0838. The number of benzene rings is 1. The fourth-order valence-electron chi connectivity index (χ4n) is 3.03. The van der Waals surface area contributed by atoms with Crippen molar-refractivity contribution < 1.29 is 14.3 Å². The van der Waals surface area contributed by atoms with Crippen LogP contribution in [0.4, 0.5) is 4.79 Å². The van der Waals surface area contributed by atoms with Crippen LogP contribution in [0.2, 0.25) is 25.7 Å². The predicted octanol–water partition coefficient (Wildman–Crippen LogP) is 1.23. The van der Waals surface area contributed by atoms with Crippen LogP contribution in [0.15, 0.2) is 31.3 Å². The van der Waals surface area contributed by atoms with E-state index in [2.05, 4.69) is 19.6 Å². The van der Waals surface area contributed by atoms with Gasteiger partial charge in [-0.05, 0) is 25.1 Å². The van der Waals surface area contributed by atoms with Crippen molar-refractivity contribution in [3.8, 4) is 0 Å². The molecule has 0 aliphatic carbocycles. The molecule has 0 saturated heterocycles. The highest BCUT2D eigenvalue weighted by atomic mass is 28.3. The molecule has 29 heavy (non-hydrogen) atoms. The van der Waals surface area contributed by atoms with E-state index < -0.39 is 36.4 Å². The molecule has 0 atom stereocenters. The van der Waals surface area contributed by atoms with Gasteiger partial charge in [-0.15, -0.1) is 0 Å². The number of carbonyl (C=O) groups is 1. The SMILES string of the molecule is CCOC(=O)n1c(=O)c2cc3c(=O)n(COCC[Si](C)(C)C)c(=O)c3cc2c1=O. The van der Waals surface area contributed by atoms with Crippen LogP contribution in [0.5, 0.6) is 0 Å². The molecule has 3 rings (SSSR count). The van der Waals surface area contributed by atoms with Crippen molar-refractivity contribution in [2.24, 2.45) is 0 Å². The van der Waals surface area contributed by atoms with Crippen LogP contribution in [0, 0.1) is 0 Å². The Kier molecular flexibility index (Phi) is 5.41. The van der Waals surface area contributed by atoms with Gasteiger partial charge in [-0.25, -0.2) is 9.36 Å². The third kappa shape index (κ3) is 3.72. The summed E-state index contributed by atoms with van der Waals surface area (Å²) in [5.41, 5.74) is -2.96. The summed E-state index contributed by atoms with van der Waals surface area (Å²) >= 11 is 0. The molecule has 1 aromatic carbocycles. The Hall–Kier alpha value is -2.85. The molecule has 3 aromatic rings. The number of rotatable bonds is 6. The number of ether oxygens (including phenoxy) is 2. The van der Waals surface area contributed by atoms with Gasteiger partial charge in [0.1, 0.15) is 6.73 Å². The van der Waals surface area contributed by atoms with Gasteiger partial charge in [0, 0.05) is 14.7 Å². The van der Waals surface area contributed by atoms with E-state index in [4.69, 9.17) is 9.47 Å². The summed E-state index contributed by atoms with van der Waals surface area (Å²) in [7, 11) is -1.31. The Labute approximate surface area is 165 Å². The van der Waals surface area contributed by atoms with E-state index in [1.165, 1.54) is 12.1 Å². The number of hydrogen-bond acceptors (Lipinski definition) is 7. The molecular formula is C19H22N2O7Si. The van der Waals surface area contributed by atoms with Crippen LogP contribution in [-0.4, -0.2) is 36.5 Å². The highest BCUT2D eigenvalue weighted by Gasteiger charge is 2.23. The number of aromatic nitrogens is 2. The van der Waals surface area contributed by atoms with E-state index in [9.17, 15) is 24.0 Å². The zero-order valence-electron chi connectivity index (χ0n) is 16.7. The number of carbonyl (C=O) groups excluding carboxylic acids is 1. The van der Waals surface area contributed by atoms with Gasteiger partial charge >= 0.3 is 6.09 Å². The second-order valence-corrected chi connectivity index (χ2v) is 13.6. The van der Waals surface area contributed by atoms with Crippen molar-refractivity contribution in [1.82, 2.24) is 9.13 Å². The number of nitrogens with zero attached hydrogens (tertiary/aromatic N) is 2. The van der Waals surface area contributed by atoms with Crippen molar-refractivity contribution >= 4 is 35.7 Å². The van der Waals surface area contributed by atoms with Gasteiger partial charge in [0.25, 0.3) is 22.2 Å². The second kappa shape index (κ2) is 7.52. The Morgan fingerprint density at radius 3 is 1.83 bits per heavy atom. The lowest BCUT2D eigenvalue weighted by Gasteiger charge is -2.15. The van der Waals surface area contributed by atoms with E-state index in [1.54, 1.807) is 6.92 Å².